The molecule has 1 aromatic rings. The Kier molecular flexibility index (Phi) is 4.02. The SMILES string of the molecule is OCCC(O)C(O)c1cccc(F)c1O. The standard InChI is InChI=1S/C10H13FO4/c11-7-3-1-2-6(9(7)14)10(15)8(13)4-5-12/h1-3,8,10,12-15H,4-5H2. The van der Waals surface area contributed by atoms with Crippen LogP contribution in [0.2, 0.25) is 0 Å². The quantitative estimate of drug-likeness (QED) is 0.584. The number of phenols is 1. The summed E-state index contributed by atoms with van der Waals surface area (Å²) in [5.41, 5.74) is -0.0871. The van der Waals surface area contributed by atoms with Gasteiger partial charge in [-0.05, 0) is 12.5 Å². The minimum Gasteiger partial charge on any atom is -0.505 e. The van der Waals surface area contributed by atoms with Crippen molar-refractivity contribution < 1.29 is 24.8 Å². The van der Waals surface area contributed by atoms with Crippen molar-refractivity contribution in [3.63, 3.8) is 0 Å². The number of phenolic OH excluding ortho intramolecular Hbond substituents is 1. The van der Waals surface area contributed by atoms with Gasteiger partial charge in [-0.25, -0.2) is 4.39 Å². The Labute approximate surface area is 86.2 Å². The number of halogens is 1. The first-order valence-electron chi connectivity index (χ1n) is 4.52. The monoisotopic (exact) mass is 216 g/mol. The fourth-order valence-electron chi connectivity index (χ4n) is 1.27. The molecule has 4 nitrogen and oxygen atoms in total. The molecule has 4 N–H and O–H groups in total. The molecule has 0 heterocycles. The molecule has 0 bridgehead atoms. The van der Waals surface area contributed by atoms with Gasteiger partial charge in [0.2, 0.25) is 0 Å². The number of hydrogen-bond donors (Lipinski definition) is 4. The van der Waals surface area contributed by atoms with E-state index in [9.17, 15) is 19.7 Å². The van der Waals surface area contributed by atoms with Gasteiger partial charge in [0, 0.05) is 12.2 Å². The van der Waals surface area contributed by atoms with Crippen molar-refractivity contribution in [1.82, 2.24) is 0 Å². The molecule has 84 valence electrons. The summed E-state index contributed by atoms with van der Waals surface area (Å²) >= 11 is 0. The van der Waals surface area contributed by atoms with Crippen LogP contribution in [0.15, 0.2) is 18.2 Å². The molecule has 0 amide bonds. The molecule has 0 aliphatic carbocycles. The number of aromatic hydroxyl groups is 1. The van der Waals surface area contributed by atoms with E-state index in [0.29, 0.717) is 0 Å². The molecular weight excluding hydrogens is 203 g/mol. The topological polar surface area (TPSA) is 80.9 Å². The number of hydrogen-bond acceptors (Lipinski definition) is 4. The Balaban J connectivity index is 2.90. The van der Waals surface area contributed by atoms with Crippen molar-refractivity contribution in [2.75, 3.05) is 6.61 Å². The van der Waals surface area contributed by atoms with E-state index in [0.717, 1.165) is 6.07 Å². The minimum absolute atomic E-state index is 0.0445. The first-order valence-corrected chi connectivity index (χ1v) is 4.52. The van der Waals surface area contributed by atoms with E-state index in [4.69, 9.17) is 5.11 Å². The third-order valence-electron chi connectivity index (χ3n) is 2.13. The van der Waals surface area contributed by atoms with Crippen molar-refractivity contribution in [2.24, 2.45) is 0 Å². The van der Waals surface area contributed by atoms with Gasteiger partial charge in [0.25, 0.3) is 0 Å². The Morgan fingerprint density at radius 2 is 1.93 bits per heavy atom. The van der Waals surface area contributed by atoms with E-state index in [2.05, 4.69) is 0 Å². The van der Waals surface area contributed by atoms with Crippen molar-refractivity contribution in [3.8, 4) is 5.75 Å². The number of rotatable bonds is 4. The fourth-order valence-corrected chi connectivity index (χ4v) is 1.27. The van der Waals surface area contributed by atoms with Crippen molar-refractivity contribution >= 4 is 0 Å². The van der Waals surface area contributed by atoms with Gasteiger partial charge < -0.3 is 20.4 Å². The highest BCUT2D eigenvalue weighted by Gasteiger charge is 2.22. The lowest BCUT2D eigenvalue weighted by molar-refractivity contribution is 0.00281. The molecule has 0 fully saturated rings. The van der Waals surface area contributed by atoms with Crippen LogP contribution >= 0.6 is 0 Å². The van der Waals surface area contributed by atoms with E-state index in [-0.39, 0.29) is 18.6 Å². The average Bonchev–Trinajstić information content (AvgIpc) is 2.21. The largest absolute Gasteiger partial charge is 0.505 e. The van der Waals surface area contributed by atoms with Gasteiger partial charge in [0.15, 0.2) is 11.6 Å². The van der Waals surface area contributed by atoms with Crippen molar-refractivity contribution in [2.45, 2.75) is 18.6 Å². The summed E-state index contributed by atoms with van der Waals surface area (Å²) < 4.78 is 12.9. The van der Waals surface area contributed by atoms with Gasteiger partial charge in [-0.2, -0.15) is 0 Å². The van der Waals surface area contributed by atoms with Crippen LogP contribution in [-0.2, 0) is 0 Å². The van der Waals surface area contributed by atoms with Crippen LogP contribution in [0.5, 0.6) is 5.75 Å². The average molecular weight is 216 g/mol. The Bertz CT molecular complexity index is 329. The van der Waals surface area contributed by atoms with E-state index < -0.39 is 23.8 Å². The van der Waals surface area contributed by atoms with E-state index in [1.165, 1.54) is 12.1 Å². The highest BCUT2D eigenvalue weighted by Crippen LogP contribution is 2.29. The maximum absolute atomic E-state index is 12.9. The zero-order valence-corrected chi connectivity index (χ0v) is 7.97. The van der Waals surface area contributed by atoms with Crippen LogP contribution in [-0.4, -0.2) is 33.1 Å². The summed E-state index contributed by atoms with van der Waals surface area (Å²) in [5.74, 6) is -1.54. The Morgan fingerprint density at radius 3 is 2.53 bits per heavy atom. The molecular formula is C10H13FO4. The fraction of sp³-hybridized carbons (Fsp3) is 0.400. The highest BCUT2D eigenvalue weighted by atomic mass is 19.1. The van der Waals surface area contributed by atoms with Crippen LogP contribution in [0.4, 0.5) is 4.39 Å². The van der Waals surface area contributed by atoms with Crippen LogP contribution in [0.1, 0.15) is 18.1 Å². The molecule has 0 saturated carbocycles. The molecule has 5 heteroatoms. The number of aliphatic hydroxyl groups excluding tert-OH is 3. The van der Waals surface area contributed by atoms with E-state index in [1.54, 1.807) is 0 Å². The predicted octanol–water partition coefficient (Wildman–Crippen LogP) is 0.308. The van der Waals surface area contributed by atoms with Crippen molar-refractivity contribution in [3.05, 3.63) is 29.6 Å². The van der Waals surface area contributed by atoms with Gasteiger partial charge in [-0.1, -0.05) is 12.1 Å². The Hall–Kier alpha value is -1.17. The smallest absolute Gasteiger partial charge is 0.165 e. The number of aliphatic hydroxyl groups is 3. The summed E-state index contributed by atoms with van der Waals surface area (Å²) in [6.07, 6.45) is -2.69. The molecule has 1 rings (SSSR count). The molecule has 0 radical (unpaired) electrons. The molecule has 0 aliphatic rings. The summed E-state index contributed by atoms with van der Waals surface area (Å²) in [4.78, 5) is 0. The lowest BCUT2D eigenvalue weighted by Crippen LogP contribution is -2.19. The highest BCUT2D eigenvalue weighted by molar-refractivity contribution is 5.35. The molecule has 0 saturated heterocycles. The second-order valence-corrected chi connectivity index (χ2v) is 3.20. The minimum atomic E-state index is -1.41. The van der Waals surface area contributed by atoms with E-state index >= 15 is 0 Å². The van der Waals surface area contributed by atoms with Gasteiger partial charge in [-0.15, -0.1) is 0 Å². The van der Waals surface area contributed by atoms with Gasteiger partial charge in [0.05, 0.1) is 6.10 Å². The summed E-state index contributed by atoms with van der Waals surface area (Å²) in [7, 11) is 0. The molecule has 2 atom stereocenters. The third kappa shape index (κ3) is 2.65. The second kappa shape index (κ2) is 5.06. The first-order chi connectivity index (χ1) is 7.07. The molecule has 0 spiro atoms. The second-order valence-electron chi connectivity index (χ2n) is 3.20. The summed E-state index contributed by atoms with van der Waals surface area (Å²) in [6, 6.07) is 3.67. The van der Waals surface area contributed by atoms with Crippen LogP contribution < -0.4 is 0 Å². The first kappa shape index (κ1) is 11.9. The lowest BCUT2D eigenvalue weighted by Gasteiger charge is -2.18. The number of para-hydroxylation sites is 1. The van der Waals surface area contributed by atoms with Crippen molar-refractivity contribution in [1.29, 1.82) is 0 Å². The molecule has 15 heavy (non-hydrogen) atoms. The van der Waals surface area contributed by atoms with Crippen LogP contribution in [0.25, 0.3) is 0 Å². The van der Waals surface area contributed by atoms with Gasteiger partial charge >= 0.3 is 0 Å². The predicted molar refractivity (Wildman–Crippen MR) is 50.7 cm³/mol. The molecule has 0 aromatic heterocycles. The van der Waals surface area contributed by atoms with E-state index in [1.807, 2.05) is 0 Å². The third-order valence-corrected chi connectivity index (χ3v) is 2.13. The normalized spacial score (nSPS) is 14.9. The zero-order chi connectivity index (χ0) is 11.4. The molecule has 2 unspecified atom stereocenters. The van der Waals surface area contributed by atoms with Gasteiger partial charge in [0.1, 0.15) is 6.10 Å². The summed E-state index contributed by atoms with van der Waals surface area (Å²) in [5, 5.41) is 36.7. The van der Waals surface area contributed by atoms with Crippen LogP contribution in [0, 0.1) is 5.82 Å². The molecule has 1 aromatic carbocycles. The maximum atomic E-state index is 12.9. The number of benzene rings is 1. The van der Waals surface area contributed by atoms with Crippen LogP contribution in [0.3, 0.4) is 0 Å². The maximum Gasteiger partial charge on any atom is 0.165 e. The lowest BCUT2D eigenvalue weighted by atomic mass is 10.0. The summed E-state index contributed by atoms with van der Waals surface area (Å²) in [6.45, 7) is -0.297. The zero-order valence-electron chi connectivity index (χ0n) is 7.97. The Morgan fingerprint density at radius 1 is 1.27 bits per heavy atom. The van der Waals surface area contributed by atoms with Gasteiger partial charge in [-0.3, -0.25) is 0 Å². The molecule has 0 aliphatic heterocycles.